The molecule has 1 aromatic heterocycles. The van der Waals surface area contributed by atoms with Gasteiger partial charge in [0.25, 0.3) is 5.69 Å². The van der Waals surface area contributed by atoms with E-state index in [9.17, 15) is 14.9 Å². The molecule has 134 valence electrons. The first-order valence-electron chi connectivity index (χ1n) is 8.13. The van der Waals surface area contributed by atoms with Crippen molar-refractivity contribution in [2.24, 2.45) is 0 Å². The van der Waals surface area contributed by atoms with Crippen molar-refractivity contribution < 1.29 is 9.72 Å². The number of rotatable bonds is 5. The molecule has 1 unspecified atom stereocenters. The molecule has 0 aliphatic rings. The predicted molar refractivity (Wildman–Crippen MR) is 97.1 cm³/mol. The molecule has 0 saturated carbocycles. The number of nitrogens with one attached hydrogen (secondary N) is 1. The number of nitro groups is 1. The molecule has 7 nitrogen and oxygen atoms in total. The molecular formula is C18H24N4O3. The number of aromatic nitrogens is 2. The second-order valence-electron chi connectivity index (χ2n) is 7.20. The number of carbonyl (C=O) groups excluding carboxylic acids is 1. The molecule has 2 rings (SSSR count). The highest BCUT2D eigenvalue weighted by atomic mass is 16.6. The molecule has 0 bridgehead atoms. The van der Waals surface area contributed by atoms with E-state index < -0.39 is 4.92 Å². The summed E-state index contributed by atoms with van der Waals surface area (Å²) in [4.78, 5) is 22.3. The van der Waals surface area contributed by atoms with Crippen LogP contribution in [0.2, 0.25) is 0 Å². The van der Waals surface area contributed by atoms with Gasteiger partial charge in [0.2, 0.25) is 0 Å². The molecule has 25 heavy (non-hydrogen) atoms. The number of aryl methyl sites for hydroxylation is 1. The van der Waals surface area contributed by atoms with Crippen LogP contribution in [-0.4, -0.2) is 20.5 Å². The predicted octanol–water partition coefficient (Wildman–Crippen LogP) is 4.23. The fraction of sp³-hybridized carbons (Fsp3) is 0.444. The second-order valence-corrected chi connectivity index (χ2v) is 7.20. The van der Waals surface area contributed by atoms with E-state index >= 15 is 0 Å². The van der Waals surface area contributed by atoms with Crippen LogP contribution < -0.4 is 5.32 Å². The maximum atomic E-state index is 11.5. The van der Waals surface area contributed by atoms with Gasteiger partial charge < -0.3 is 5.32 Å². The Bertz CT molecular complexity index is 818. The molecule has 0 fully saturated rings. The highest BCUT2D eigenvalue weighted by Crippen LogP contribution is 2.30. The molecular weight excluding hydrogens is 320 g/mol. The van der Waals surface area contributed by atoms with E-state index in [1.807, 2.05) is 24.7 Å². The molecule has 1 heterocycles. The lowest BCUT2D eigenvalue weighted by molar-refractivity contribution is -0.384. The highest BCUT2D eigenvalue weighted by Gasteiger charge is 2.22. The van der Waals surface area contributed by atoms with Crippen LogP contribution in [0.5, 0.6) is 0 Å². The fourth-order valence-electron chi connectivity index (χ4n) is 2.58. The van der Waals surface area contributed by atoms with Crippen molar-refractivity contribution in [1.29, 1.82) is 0 Å². The number of nitro benzene ring substituents is 1. The number of ketones is 1. The Kier molecular flexibility index (Phi) is 4.97. The summed E-state index contributed by atoms with van der Waals surface area (Å²) in [6, 6.07) is 4.31. The molecule has 0 amide bonds. The minimum absolute atomic E-state index is 0.111. The fourth-order valence-corrected chi connectivity index (χ4v) is 2.58. The van der Waals surface area contributed by atoms with Crippen molar-refractivity contribution in [2.45, 2.75) is 53.1 Å². The minimum atomic E-state index is -0.479. The summed E-state index contributed by atoms with van der Waals surface area (Å²) < 4.78 is 1.89. The van der Waals surface area contributed by atoms with E-state index in [2.05, 4.69) is 31.2 Å². The van der Waals surface area contributed by atoms with Gasteiger partial charge in [0.05, 0.1) is 22.2 Å². The Balaban J connectivity index is 2.35. The second kappa shape index (κ2) is 6.66. The third-order valence-electron chi connectivity index (χ3n) is 4.06. The maximum Gasteiger partial charge on any atom is 0.293 e. The summed E-state index contributed by atoms with van der Waals surface area (Å²) in [5.41, 5.74) is 2.29. The Hall–Kier alpha value is -2.70. The van der Waals surface area contributed by atoms with Crippen LogP contribution in [-0.2, 0) is 5.54 Å². The first-order chi connectivity index (χ1) is 11.5. The zero-order valence-corrected chi connectivity index (χ0v) is 15.5. The van der Waals surface area contributed by atoms with Crippen molar-refractivity contribution in [1.82, 2.24) is 9.78 Å². The lowest BCUT2D eigenvalue weighted by Gasteiger charge is -2.19. The van der Waals surface area contributed by atoms with E-state index in [0.29, 0.717) is 11.3 Å². The molecule has 7 heteroatoms. The van der Waals surface area contributed by atoms with Gasteiger partial charge in [-0.3, -0.25) is 19.6 Å². The molecule has 1 aromatic carbocycles. The monoisotopic (exact) mass is 344 g/mol. The summed E-state index contributed by atoms with van der Waals surface area (Å²) >= 11 is 0. The van der Waals surface area contributed by atoms with Crippen LogP contribution in [0.25, 0.3) is 0 Å². The van der Waals surface area contributed by atoms with Crippen LogP contribution in [0.4, 0.5) is 11.4 Å². The SMILES string of the molecule is CC(=O)c1ccc(NC(C)c2cn(C(C)(C)C)nc2C)c([N+](=O)[O-])c1. The van der Waals surface area contributed by atoms with E-state index in [4.69, 9.17) is 0 Å². The molecule has 0 radical (unpaired) electrons. The summed E-state index contributed by atoms with van der Waals surface area (Å²) in [6.07, 6.45) is 1.96. The van der Waals surface area contributed by atoms with Crippen LogP contribution in [0.3, 0.4) is 0 Å². The number of benzene rings is 1. The van der Waals surface area contributed by atoms with Gasteiger partial charge in [0.15, 0.2) is 5.78 Å². The first kappa shape index (κ1) is 18.6. The van der Waals surface area contributed by atoms with Crippen molar-refractivity contribution in [2.75, 3.05) is 5.32 Å². The van der Waals surface area contributed by atoms with Crippen LogP contribution >= 0.6 is 0 Å². The first-order valence-corrected chi connectivity index (χ1v) is 8.13. The largest absolute Gasteiger partial charge is 0.373 e. The Labute approximate surface area is 147 Å². The normalized spacial score (nSPS) is 12.7. The lowest BCUT2D eigenvalue weighted by Crippen LogP contribution is -2.22. The molecule has 1 atom stereocenters. The number of hydrogen-bond acceptors (Lipinski definition) is 5. The molecule has 2 aromatic rings. The van der Waals surface area contributed by atoms with Crippen LogP contribution in [0.15, 0.2) is 24.4 Å². The molecule has 1 N–H and O–H groups in total. The molecule has 0 aliphatic carbocycles. The van der Waals surface area contributed by atoms with Gasteiger partial charge in [-0.05, 0) is 53.7 Å². The topological polar surface area (TPSA) is 90.1 Å². The van der Waals surface area contributed by atoms with Crippen molar-refractivity contribution in [3.8, 4) is 0 Å². The number of carbonyl (C=O) groups is 1. The summed E-state index contributed by atoms with van der Waals surface area (Å²) in [7, 11) is 0. The van der Waals surface area contributed by atoms with Gasteiger partial charge in [-0.1, -0.05) is 0 Å². The average molecular weight is 344 g/mol. The number of hydrogen-bond donors (Lipinski definition) is 1. The smallest absolute Gasteiger partial charge is 0.293 e. The van der Waals surface area contributed by atoms with Gasteiger partial charge >= 0.3 is 0 Å². The summed E-state index contributed by atoms with van der Waals surface area (Å²) in [5, 5.41) is 19.1. The van der Waals surface area contributed by atoms with Gasteiger partial charge in [-0.15, -0.1) is 0 Å². The van der Waals surface area contributed by atoms with Crippen molar-refractivity contribution >= 4 is 17.2 Å². The van der Waals surface area contributed by atoms with Crippen LogP contribution in [0.1, 0.15) is 62.3 Å². The minimum Gasteiger partial charge on any atom is -0.373 e. The van der Waals surface area contributed by atoms with E-state index in [-0.39, 0.29) is 23.1 Å². The Morgan fingerprint density at radius 3 is 2.48 bits per heavy atom. The molecule has 0 aliphatic heterocycles. The maximum absolute atomic E-state index is 11.5. The lowest BCUT2D eigenvalue weighted by atomic mass is 10.1. The third-order valence-corrected chi connectivity index (χ3v) is 4.06. The van der Waals surface area contributed by atoms with Crippen molar-refractivity contribution in [3.05, 3.63) is 51.3 Å². The van der Waals surface area contributed by atoms with E-state index in [1.165, 1.54) is 13.0 Å². The summed E-state index contributed by atoms with van der Waals surface area (Å²) in [5.74, 6) is -0.204. The van der Waals surface area contributed by atoms with Crippen molar-refractivity contribution in [3.63, 3.8) is 0 Å². The standard InChI is InChI=1S/C18H24N4O3/c1-11(15-10-21(18(4,5)6)20-12(15)2)19-16-8-7-14(13(3)23)9-17(16)22(24)25/h7-11,19H,1-6H3. The van der Waals surface area contributed by atoms with E-state index in [1.54, 1.807) is 12.1 Å². The molecule has 0 saturated heterocycles. The Morgan fingerprint density at radius 1 is 1.36 bits per heavy atom. The molecule has 0 spiro atoms. The van der Waals surface area contributed by atoms with Gasteiger partial charge in [-0.2, -0.15) is 5.10 Å². The number of anilines is 1. The van der Waals surface area contributed by atoms with Gasteiger partial charge in [0.1, 0.15) is 5.69 Å². The van der Waals surface area contributed by atoms with Gasteiger partial charge in [0, 0.05) is 23.4 Å². The highest BCUT2D eigenvalue weighted by molar-refractivity contribution is 5.95. The average Bonchev–Trinajstić information content (AvgIpc) is 2.89. The Morgan fingerprint density at radius 2 is 2.00 bits per heavy atom. The third kappa shape index (κ3) is 4.04. The van der Waals surface area contributed by atoms with Crippen LogP contribution in [0, 0.1) is 17.0 Å². The number of Topliss-reactive ketones (excluding diaryl/α,β-unsaturated/α-hetero) is 1. The van der Waals surface area contributed by atoms with Gasteiger partial charge in [-0.25, -0.2) is 0 Å². The quantitative estimate of drug-likeness (QED) is 0.498. The summed E-state index contributed by atoms with van der Waals surface area (Å²) in [6.45, 7) is 11.4. The zero-order chi connectivity index (χ0) is 18.9. The zero-order valence-electron chi connectivity index (χ0n) is 15.5. The van der Waals surface area contributed by atoms with E-state index in [0.717, 1.165) is 11.3 Å². The number of nitrogens with zero attached hydrogens (tertiary/aromatic N) is 3.